The van der Waals surface area contributed by atoms with Crippen LogP contribution in [-0.2, 0) is 11.3 Å². The van der Waals surface area contributed by atoms with Crippen molar-refractivity contribution < 1.29 is 13.9 Å². The topological polar surface area (TPSA) is 86.0 Å². The summed E-state index contributed by atoms with van der Waals surface area (Å²) in [5, 5.41) is 8.93. The summed E-state index contributed by atoms with van der Waals surface area (Å²) in [5.41, 5.74) is 1.30. The molecule has 4 heterocycles. The number of aromatic nitrogens is 5. The first kappa shape index (κ1) is 18.1. The summed E-state index contributed by atoms with van der Waals surface area (Å²) in [6.45, 7) is 2.97. The molecular weight excluding hydrogens is 399 g/mol. The van der Waals surface area contributed by atoms with E-state index in [9.17, 15) is 9.18 Å². The van der Waals surface area contributed by atoms with Crippen LogP contribution in [0.2, 0.25) is 5.02 Å². The van der Waals surface area contributed by atoms with Gasteiger partial charge in [-0.05, 0) is 18.6 Å². The minimum absolute atomic E-state index is 0.161. The third kappa shape index (κ3) is 2.89. The number of benzene rings is 1. The lowest BCUT2D eigenvalue weighted by atomic mass is 10.0. The van der Waals surface area contributed by atoms with E-state index < -0.39 is 11.9 Å². The number of hydrogen-bond donors (Lipinski definition) is 0. The summed E-state index contributed by atoms with van der Waals surface area (Å²) >= 11 is 6.40. The second-order valence-corrected chi connectivity index (χ2v) is 7.45. The molecule has 1 fully saturated rings. The van der Waals surface area contributed by atoms with E-state index in [1.807, 2.05) is 23.6 Å². The Morgan fingerprint density at radius 3 is 2.83 bits per heavy atom. The summed E-state index contributed by atoms with van der Waals surface area (Å²) < 4.78 is 20.8. The van der Waals surface area contributed by atoms with Crippen molar-refractivity contribution in [2.24, 2.45) is 0 Å². The number of rotatable bonds is 2. The van der Waals surface area contributed by atoms with Crippen molar-refractivity contribution in [2.45, 2.75) is 25.6 Å². The highest BCUT2D eigenvalue weighted by Gasteiger charge is 2.44. The zero-order valence-corrected chi connectivity index (χ0v) is 16.2. The molecule has 0 spiro atoms. The van der Waals surface area contributed by atoms with Crippen LogP contribution in [0, 0.1) is 12.7 Å². The molecule has 0 saturated carbocycles. The average Bonchev–Trinajstić information content (AvgIpc) is 3.13. The fourth-order valence-electron chi connectivity index (χ4n) is 3.87. The zero-order valence-electron chi connectivity index (χ0n) is 15.4. The van der Waals surface area contributed by atoms with Gasteiger partial charge in [0.25, 0.3) is 5.91 Å². The van der Waals surface area contributed by atoms with Crippen LogP contribution in [0.25, 0.3) is 11.6 Å². The van der Waals surface area contributed by atoms with Gasteiger partial charge in [-0.3, -0.25) is 4.79 Å². The number of fused-ring (bicyclic) bond motifs is 4. The van der Waals surface area contributed by atoms with Gasteiger partial charge in [0.05, 0.1) is 42.2 Å². The highest BCUT2D eigenvalue weighted by atomic mass is 35.5. The molecule has 1 amide bonds. The zero-order chi connectivity index (χ0) is 20.1. The number of halogens is 2. The number of ether oxygens (including phenoxy) is 1. The number of nitrogens with zero attached hydrogens (tertiary/aromatic N) is 6. The second kappa shape index (κ2) is 6.85. The Morgan fingerprint density at radius 1 is 1.24 bits per heavy atom. The smallest absolute Gasteiger partial charge is 0.256 e. The SMILES string of the molecule is Cc1cccc(C(=O)N2[C@H]3COC[C@@H]2c2nnc(-c4ncc(F)cn4)n2C3)c1Cl. The van der Waals surface area contributed by atoms with Gasteiger partial charge in [0.15, 0.2) is 17.5 Å². The van der Waals surface area contributed by atoms with Gasteiger partial charge in [-0.1, -0.05) is 23.7 Å². The van der Waals surface area contributed by atoms with Crippen LogP contribution in [0.15, 0.2) is 30.6 Å². The van der Waals surface area contributed by atoms with E-state index in [0.29, 0.717) is 42.0 Å². The van der Waals surface area contributed by atoms with E-state index in [-0.39, 0.29) is 17.8 Å². The number of carbonyl (C=O) groups is 1. The van der Waals surface area contributed by atoms with Crippen LogP contribution in [0.5, 0.6) is 0 Å². The van der Waals surface area contributed by atoms with Crippen LogP contribution in [-0.4, -0.2) is 54.8 Å². The van der Waals surface area contributed by atoms with Gasteiger partial charge in [-0.15, -0.1) is 10.2 Å². The number of carbonyl (C=O) groups excluding carboxylic acids is 1. The van der Waals surface area contributed by atoms with Crippen molar-refractivity contribution in [3.05, 3.63) is 58.4 Å². The van der Waals surface area contributed by atoms with Gasteiger partial charge in [0.2, 0.25) is 5.82 Å². The van der Waals surface area contributed by atoms with Gasteiger partial charge in [-0.2, -0.15) is 0 Å². The molecule has 5 rings (SSSR count). The molecule has 0 radical (unpaired) electrons. The minimum atomic E-state index is -0.524. The van der Waals surface area contributed by atoms with Crippen molar-refractivity contribution in [2.75, 3.05) is 13.2 Å². The van der Waals surface area contributed by atoms with Gasteiger partial charge < -0.3 is 14.2 Å². The molecule has 3 aromatic rings. The molecule has 1 aromatic carbocycles. The monoisotopic (exact) mass is 414 g/mol. The van der Waals surface area contributed by atoms with Crippen LogP contribution >= 0.6 is 11.6 Å². The summed E-state index contributed by atoms with van der Waals surface area (Å²) in [5.74, 6) is 0.624. The van der Waals surface area contributed by atoms with E-state index in [1.165, 1.54) is 0 Å². The summed E-state index contributed by atoms with van der Waals surface area (Å²) in [7, 11) is 0. The maximum atomic E-state index is 13.4. The number of morpholine rings is 1. The van der Waals surface area contributed by atoms with Crippen LogP contribution < -0.4 is 0 Å². The maximum absolute atomic E-state index is 13.4. The van der Waals surface area contributed by atoms with E-state index in [1.54, 1.807) is 11.0 Å². The number of aryl methyl sites for hydroxylation is 1. The first-order chi connectivity index (χ1) is 14.0. The number of amides is 1. The predicted octanol–water partition coefficient (Wildman–Crippen LogP) is 2.43. The molecule has 2 aromatic heterocycles. The third-order valence-electron chi connectivity index (χ3n) is 5.26. The molecule has 148 valence electrons. The van der Waals surface area contributed by atoms with Gasteiger partial charge in [-0.25, -0.2) is 14.4 Å². The van der Waals surface area contributed by atoms with Gasteiger partial charge in [0.1, 0.15) is 6.04 Å². The minimum Gasteiger partial charge on any atom is -0.377 e. The van der Waals surface area contributed by atoms with E-state index in [2.05, 4.69) is 20.2 Å². The van der Waals surface area contributed by atoms with Crippen molar-refractivity contribution in [3.63, 3.8) is 0 Å². The Hall–Kier alpha value is -2.91. The molecular formula is C19H16ClFN6O2. The van der Waals surface area contributed by atoms with E-state index >= 15 is 0 Å². The summed E-state index contributed by atoms with van der Waals surface area (Å²) in [6.07, 6.45) is 2.18. The largest absolute Gasteiger partial charge is 0.377 e. The molecule has 2 atom stereocenters. The predicted molar refractivity (Wildman–Crippen MR) is 101 cm³/mol. The van der Waals surface area contributed by atoms with Crippen molar-refractivity contribution in [1.82, 2.24) is 29.6 Å². The molecule has 10 heteroatoms. The Kier molecular flexibility index (Phi) is 4.29. The highest BCUT2D eigenvalue weighted by Crippen LogP contribution is 2.36. The molecule has 8 nitrogen and oxygen atoms in total. The fraction of sp³-hybridized carbons (Fsp3) is 0.316. The molecule has 29 heavy (non-hydrogen) atoms. The molecule has 1 saturated heterocycles. The molecule has 2 aliphatic rings. The summed E-state index contributed by atoms with van der Waals surface area (Å²) in [4.78, 5) is 23.2. The lowest BCUT2D eigenvalue weighted by molar-refractivity contribution is -0.0569. The third-order valence-corrected chi connectivity index (χ3v) is 5.76. The number of hydrogen-bond acceptors (Lipinski definition) is 6. The molecule has 0 aliphatic carbocycles. The Labute approximate surface area is 170 Å². The quantitative estimate of drug-likeness (QED) is 0.640. The molecule has 0 unspecified atom stereocenters. The maximum Gasteiger partial charge on any atom is 0.256 e. The normalized spacial score (nSPS) is 20.4. The van der Waals surface area contributed by atoms with Crippen LogP contribution in [0.4, 0.5) is 4.39 Å². The molecule has 0 N–H and O–H groups in total. The highest BCUT2D eigenvalue weighted by molar-refractivity contribution is 6.34. The fourth-order valence-corrected chi connectivity index (χ4v) is 4.08. The van der Waals surface area contributed by atoms with E-state index in [0.717, 1.165) is 18.0 Å². The lowest BCUT2D eigenvalue weighted by Crippen LogP contribution is -2.56. The van der Waals surface area contributed by atoms with Crippen LogP contribution in [0.3, 0.4) is 0 Å². The molecule has 2 aliphatic heterocycles. The average molecular weight is 415 g/mol. The second-order valence-electron chi connectivity index (χ2n) is 7.07. The Morgan fingerprint density at radius 2 is 2.03 bits per heavy atom. The Balaban J connectivity index is 1.55. The van der Waals surface area contributed by atoms with Gasteiger partial charge in [0, 0.05) is 6.54 Å². The van der Waals surface area contributed by atoms with Gasteiger partial charge >= 0.3 is 0 Å². The first-order valence-corrected chi connectivity index (χ1v) is 9.49. The van der Waals surface area contributed by atoms with E-state index in [4.69, 9.17) is 16.3 Å². The molecule has 2 bridgehead atoms. The van der Waals surface area contributed by atoms with Crippen molar-refractivity contribution >= 4 is 17.5 Å². The van der Waals surface area contributed by atoms with Crippen molar-refractivity contribution in [1.29, 1.82) is 0 Å². The first-order valence-electron chi connectivity index (χ1n) is 9.11. The lowest BCUT2D eigenvalue weighted by Gasteiger charge is -2.45. The van der Waals surface area contributed by atoms with Crippen LogP contribution in [0.1, 0.15) is 27.8 Å². The standard InChI is InChI=1S/C19H16ClFN6O2/c1-10-3-2-4-13(15(10)20)19(28)27-12-7-26-17(14(27)9-29-8-12)24-25-18(26)16-22-5-11(21)6-23-16/h2-6,12,14H,7-9H2,1H3/t12-,14-/m1/s1. The summed E-state index contributed by atoms with van der Waals surface area (Å²) in [6, 6.07) is 4.78. The Bertz CT molecular complexity index is 1100. The van der Waals surface area contributed by atoms with Crippen molar-refractivity contribution in [3.8, 4) is 11.6 Å².